The number of aromatic hydroxyl groups is 1. The molecule has 0 heterocycles. The van der Waals surface area contributed by atoms with Gasteiger partial charge in [0, 0.05) is 0 Å². The van der Waals surface area contributed by atoms with Crippen LogP contribution < -0.4 is 18.9 Å². The highest BCUT2D eigenvalue weighted by molar-refractivity contribution is 5.56. The summed E-state index contributed by atoms with van der Waals surface area (Å²) in [5.41, 5.74) is 1.49. The number of methoxy groups -OCH3 is 3. The highest BCUT2D eigenvalue weighted by Gasteiger charge is 2.23. The first-order valence-corrected chi connectivity index (χ1v) is 8.55. The Hall–Kier alpha value is -2.86. The largest absolute Gasteiger partial charge is 0.502 e. The number of aliphatic hydroxyl groups is 1. The fraction of sp³-hybridized carbons (Fsp3) is 0.333. The second kappa shape index (κ2) is 9.19. The molecule has 0 aromatic heterocycles. The minimum Gasteiger partial charge on any atom is -0.502 e. The van der Waals surface area contributed by atoms with E-state index in [1.54, 1.807) is 32.2 Å². The molecule has 27 heavy (non-hydrogen) atoms. The van der Waals surface area contributed by atoms with Crippen molar-refractivity contribution in [3.63, 3.8) is 0 Å². The fourth-order valence-corrected chi connectivity index (χ4v) is 2.70. The van der Waals surface area contributed by atoms with Gasteiger partial charge in [0.25, 0.3) is 0 Å². The first-order valence-electron chi connectivity index (χ1n) is 8.55. The number of phenols is 1. The van der Waals surface area contributed by atoms with E-state index in [9.17, 15) is 10.2 Å². The summed E-state index contributed by atoms with van der Waals surface area (Å²) in [4.78, 5) is 0. The minimum absolute atomic E-state index is 0.120. The van der Waals surface area contributed by atoms with E-state index in [0.717, 1.165) is 5.56 Å². The van der Waals surface area contributed by atoms with Gasteiger partial charge in [0.15, 0.2) is 23.0 Å². The van der Waals surface area contributed by atoms with Crippen molar-refractivity contribution in [2.45, 2.75) is 26.1 Å². The van der Waals surface area contributed by atoms with Crippen LogP contribution >= 0.6 is 0 Å². The molecule has 0 aliphatic rings. The van der Waals surface area contributed by atoms with Gasteiger partial charge in [0.1, 0.15) is 12.2 Å². The molecule has 0 amide bonds. The second-order valence-corrected chi connectivity index (χ2v) is 5.95. The van der Waals surface area contributed by atoms with Gasteiger partial charge in [-0.05, 0) is 49.2 Å². The Labute approximate surface area is 159 Å². The van der Waals surface area contributed by atoms with E-state index in [1.807, 2.05) is 31.2 Å². The lowest BCUT2D eigenvalue weighted by molar-refractivity contribution is 0.0448. The van der Waals surface area contributed by atoms with Crippen LogP contribution in [0, 0.1) is 0 Å². The Morgan fingerprint density at radius 1 is 0.889 bits per heavy atom. The number of aliphatic hydroxyl groups excluding tert-OH is 1. The van der Waals surface area contributed by atoms with E-state index in [2.05, 4.69) is 0 Å². The molecule has 2 aromatic rings. The van der Waals surface area contributed by atoms with E-state index in [4.69, 9.17) is 18.9 Å². The molecule has 0 saturated carbocycles. The molecule has 2 N–H and O–H groups in total. The van der Waals surface area contributed by atoms with Crippen LogP contribution in [0.25, 0.3) is 6.08 Å². The molecule has 0 spiro atoms. The number of hydrogen-bond acceptors (Lipinski definition) is 6. The van der Waals surface area contributed by atoms with Gasteiger partial charge in [0.2, 0.25) is 5.75 Å². The summed E-state index contributed by atoms with van der Waals surface area (Å²) in [7, 11) is 4.43. The Balaban J connectivity index is 2.27. The highest BCUT2D eigenvalue weighted by atomic mass is 16.5. The van der Waals surface area contributed by atoms with Gasteiger partial charge in [-0.15, -0.1) is 0 Å². The number of allylic oxidation sites excluding steroid dienone is 1. The van der Waals surface area contributed by atoms with Crippen molar-refractivity contribution in [2.75, 3.05) is 21.3 Å². The standard InChI is InChI=1S/C21H26O6/c1-6-7-14-8-9-16(17(10-14)24-3)27-13(2)20(22)15-11-18(25-4)21(23)19(12-15)26-5/h6-13,20,22-23H,1-5H3/b7-6+/t13-,20+/m1/s1. The van der Waals surface area contributed by atoms with Crippen molar-refractivity contribution in [1.82, 2.24) is 0 Å². The summed E-state index contributed by atoms with van der Waals surface area (Å²) < 4.78 is 21.6. The third-order valence-electron chi connectivity index (χ3n) is 4.15. The van der Waals surface area contributed by atoms with Gasteiger partial charge in [-0.25, -0.2) is 0 Å². The van der Waals surface area contributed by atoms with Gasteiger partial charge in [0.05, 0.1) is 21.3 Å². The first kappa shape index (κ1) is 20.5. The molecule has 0 saturated heterocycles. The van der Waals surface area contributed by atoms with Gasteiger partial charge in [-0.2, -0.15) is 0 Å². The van der Waals surface area contributed by atoms with Crippen LogP contribution in [0.5, 0.6) is 28.7 Å². The lowest BCUT2D eigenvalue weighted by Crippen LogP contribution is -2.22. The maximum Gasteiger partial charge on any atom is 0.200 e. The van der Waals surface area contributed by atoms with Gasteiger partial charge in [-0.3, -0.25) is 0 Å². The van der Waals surface area contributed by atoms with E-state index in [1.165, 1.54) is 14.2 Å². The smallest absolute Gasteiger partial charge is 0.200 e. The van der Waals surface area contributed by atoms with Crippen molar-refractivity contribution in [3.05, 3.63) is 47.5 Å². The van der Waals surface area contributed by atoms with Gasteiger partial charge >= 0.3 is 0 Å². The topological polar surface area (TPSA) is 77.4 Å². The Morgan fingerprint density at radius 2 is 1.48 bits per heavy atom. The zero-order chi connectivity index (χ0) is 20.0. The molecular formula is C21H26O6. The minimum atomic E-state index is -0.978. The van der Waals surface area contributed by atoms with Crippen molar-refractivity contribution in [3.8, 4) is 28.7 Å². The highest BCUT2D eigenvalue weighted by Crippen LogP contribution is 2.40. The molecule has 2 rings (SSSR count). The maximum atomic E-state index is 10.7. The normalized spacial score (nSPS) is 13.3. The van der Waals surface area contributed by atoms with E-state index >= 15 is 0 Å². The average molecular weight is 374 g/mol. The Bertz CT molecular complexity index is 774. The molecule has 2 atom stereocenters. The number of phenolic OH excluding ortho intramolecular Hbond substituents is 1. The van der Waals surface area contributed by atoms with Crippen molar-refractivity contribution in [2.24, 2.45) is 0 Å². The molecular weight excluding hydrogens is 348 g/mol. The Morgan fingerprint density at radius 3 is 2.00 bits per heavy atom. The van der Waals surface area contributed by atoms with Crippen LogP contribution in [0.4, 0.5) is 0 Å². The molecule has 0 aliphatic heterocycles. The molecule has 0 radical (unpaired) electrons. The van der Waals surface area contributed by atoms with Crippen LogP contribution in [0.15, 0.2) is 36.4 Å². The molecule has 146 valence electrons. The summed E-state index contributed by atoms with van der Waals surface area (Å²) in [5.74, 6) is 1.40. The number of rotatable bonds is 8. The third kappa shape index (κ3) is 4.65. The van der Waals surface area contributed by atoms with Crippen LogP contribution in [0.3, 0.4) is 0 Å². The average Bonchev–Trinajstić information content (AvgIpc) is 2.68. The van der Waals surface area contributed by atoms with Crippen LogP contribution in [0.1, 0.15) is 31.1 Å². The molecule has 0 unspecified atom stereocenters. The van der Waals surface area contributed by atoms with E-state index in [-0.39, 0.29) is 17.2 Å². The van der Waals surface area contributed by atoms with Crippen LogP contribution in [-0.2, 0) is 0 Å². The number of benzene rings is 2. The maximum absolute atomic E-state index is 10.7. The zero-order valence-corrected chi connectivity index (χ0v) is 16.2. The second-order valence-electron chi connectivity index (χ2n) is 5.95. The molecule has 2 aromatic carbocycles. The lowest BCUT2D eigenvalue weighted by atomic mass is 10.0. The molecule has 6 nitrogen and oxygen atoms in total. The van der Waals surface area contributed by atoms with Gasteiger partial charge < -0.3 is 29.2 Å². The molecule has 0 bridgehead atoms. The SMILES string of the molecule is C/C=C/c1ccc(O[C@H](C)[C@H](O)c2cc(OC)c(O)c(OC)c2)c(OC)c1. The van der Waals surface area contributed by atoms with Gasteiger partial charge in [-0.1, -0.05) is 18.2 Å². The predicted molar refractivity (Wildman–Crippen MR) is 104 cm³/mol. The van der Waals surface area contributed by atoms with E-state index < -0.39 is 12.2 Å². The monoisotopic (exact) mass is 374 g/mol. The molecule has 0 fully saturated rings. The molecule has 6 heteroatoms. The summed E-state index contributed by atoms with van der Waals surface area (Å²) in [6, 6.07) is 8.67. The lowest BCUT2D eigenvalue weighted by Gasteiger charge is -2.23. The predicted octanol–water partition coefficient (Wildman–Crippen LogP) is 3.95. The number of hydrogen-bond donors (Lipinski definition) is 2. The van der Waals surface area contributed by atoms with Crippen LogP contribution in [0.2, 0.25) is 0 Å². The fourth-order valence-electron chi connectivity index (χ4n) is 2.70. The van der Waals surface area contributed by atoms with Crippen LogP contribution in [-0.4, -0.2) is 37.6 Å². The third-order valence-corrected chi connectivity index (χ3v) is 4.15. The number of ether oxygens (including phenoxy) is 4. The first-order chi connectivity index (χ1) is 12.9. The quantitative estimate of drug-likeness (QED) is 0.728. The Kier molecular flexibility index (Phi) is 6.96. The summed E-state index contributed by atoms with van der Waals surface area (Å²) >= 11 is 0. The summed E-state index contributed by atoms with van der Waals surface area (Å²) in [6.07, 6.45) is 2.33. The summed E-state index contributed by atoms with van der Waals surface area (Å²) in [6.45, 7) is 3.69. The van der Waals surface area contributed by atoms with Crippen molar-refractivity contribution in [1.29, 1.82) is 0 Å². The van der Waals surface area contributed by atoms with Crippen molar-refractivity contribution >= 4 is 6.08 Å². The summed E-state index contributed by atoms with van der Waals surface area (Å²) in [5, 5.41) is 20.7. The van der Waals surface area contributed by atoms with Crippen molar-refractivity contribution < 1.29 is 29.2 Å². The zero-order valence-electron chi connectivity index (χ0n) is 16.2. The molecule has 0 aliphatic carbocycles. The van der Waals surface area contributed by atoms with E-state index in [0.29, 0.717) is 17.1 Å².